The summed E-state index contributed by atoms with van der Waals surface area (Å²) in [6.45, 7) is 11.1. The lowest BCUT2D eigenvalue weighted by Crippen LogP contribution is -2.40. The minimum atomic E-state index is 0.298. The number of hydrogen-bond acceptors (Lipinski definition) is 3. The van der Waals surface area contributed by atoms with E-state index in [1.165, 1.54) is 5.56 Å². The van der Waals surface area contributed by atoms with Crippen LogP contribution in [0.1, 0.15) is 45.7 Å². The average Bonchev–Trinajstić information content (AvgIpc) is 2.50. The van der Waals surface area contributed by atoms with Gasteiger partial charge in [-0.25, -0.2) is 0 Å². The fraction of sp³-hybridized carbons (Fsp3) is 0.667. The summed E-state index contributed by atoms with van der Waals surface area (Å²) in [5, 5.41) is 3.66. The topological polar surface area (TPSA) is 24.5 Å². The summed E-state index contributed by atoms with van der Waals surface area (Å²) in [6, 6.07) is 9.18. The van der Waals surface area contributed by atoms with Crippen molar-refractivity contribution in [2.45, 2.75) is 46.2 Å². The summed E-state index contributed by atoms with van der Waals surface area (Å²) in [5.74, 6) is 1.62. The van der Waals surface area contributed by atoms with Gasteiger partial charge in [-0.15, -0.1) is 0 Å². The van der Waals surface area contributed by atoms with Gasteiger partial charge in [0.15, 0.2) is 0 Å². The van der Waals surface area contributed by atoms with Gasteiger partial charge in [-0.05, 0) is 38.9 Å². The van der Waals surface area contributed by atoms with E-state index in [2.05, 4.69) is 57.1 Å². The van der Waals surface area contributed by atoms with E-state index in [0.717, 1.165) is 25.3 Å². The highest BCUT2D eigenvalue weighted by atomic mass is 16.5. The molecule has 0 aliphatic carbocycles. The van der Waals surface area contributed by atoms with E-state index >= 15 is 0 Å². The van der Waals surface area contributed by atoms with Crippen LogP contribution in [0.25, 0.3) is 0 Å². The first kappa shape index (κ1) is 18.0. The number of nitrogens with one attached hydrogen (secondary N) is 1. The molecule has 21 heavy (non-hydrogen) atoms. The summed E-state index contributed by atoms with van der Waals surface area (Å²) in [6.07, 6.45) is 1.13. The lowest BCUT2D eigenvalue weighted by Gasteiger charge is -2.32. The predicted octanol–water partition coefficient (Wildman–Crippen LogP) is 3.71. The Kier molecular flexibility index (Phi) is 7.76. The van der Waals surface area contributed by atoms with Crippen LogP contribution in [0.4, 0.5) is 0 Å². The van der Waals surface area contributed by atoms with E-state index < -0.39 is 0 Å². The Morgan fingerprint density at radius 2 is 1.86 bits per heavy atom. The van der Waals surface area contributed by atoms with Crippen LogP contribution in [-0.4, -0.2) is 38.2 Å². The van der Waals surface area contributed by atoms with Crippen molar-refractivity contribution in [3.8, 4) is 5.75 Å². The zero-order chi connectivity index (χ0) is 15.8. The maximum atomic E-state index is 5.54. The second-order valence-corrected chi connectivity index (χ2v) is 6.17. The number of ether oxygens (including phenoxy) is 1. The summed E-state index contributed by atoms with van der Waals surface area (Å²) in [4.78, 5) is 2.43. The first-order valence-corrected chi connectivity index (χ1v) is 8.07. The highest BCUT2D eigenvalue weighted by molar-refractivity contribution is 5.36. The molecule has 2 atom stereocenters. The number of rotatable bonds is 9. The Morgan fingerprint density at radius 1 is 1.19 bits per heavy atom. The second-order valence-electron chi connectivity index (χ2n) is 6.17. The van der Waals surface area contributed by atoms with Gasteiger partial charge < -0.3 is 15.0 Å². The Balaban J connectivity index is 2.89. The molecule has 0 bridgehead atoms. The van der Waals surface area contributed by atoms with Gasteiger partial charge in [-0.2, -0.15) is 0 Å². The third kappa shape index (κ3) is 5.33. The average molecular weight is 292 g/mol. The van der Waals surface area contributed by atoms with Crippen LogP contribution >= 0.6 is 0 Å². The first-order valence-electron chi connectivity index (χ1n) is 8.07. The molecule has 1 aromatic carbocycles. The highest BCUT2D eigenvalue weighted by Crippen LogP contribution is 2.26. The van der Waals surface area contributed by atoms with Crippen LogP contribution in [0.2, 0.25) is 0 Å². The maximum absolute atomic E-state index is 5.54. The second kappa shape index (κ2) is 9.06. The molecule has 0 fully saturated rings. The Bertz CT molecular complexity index is 406. The van der Waals surface area contributed by atoms with E-state index in [1.54, 1.807) is 7.11 Å². The van der Waals surface area contributed by atoms with Gasteiger partial charge in [-0.3, -0.25) is 0 Å². The quantitative estimate of drug-likeness (QED) is 0.751. The van der Waals surface area contributed by atoms with Crippen molar-refractivity contribution in [3.05, 3.63) is 29.8 Å². The number of likely N-dealkylation sites (N-methyl/N-ethyl adjacent to an activating group) is 1. The molecule has 3 nitrogen and oxygen atoms in total. The largest absolute Gasteiger partial charge is 0.496 e. The van der Waals surface area contributed by atoms with E-state index in [0.29, 0.717) is 18.0 Å². The smallest absolute Gasteiger partial charge is 0.123 e. The van der Waals surface area contributed by atoms with Gasteiger partial charge >= 0.3 is 0 Å². The van der Waals surface area contributed by atoms with Crippen LogP contribution in [0.5, 0.6) is 5.75 Å². The summed E-state index contributed by atoms with van der Waals surface area (Å²) in [5.41, 5.74) is 1.25. The zero-order valence-corrected chi connectivity index (χ0v) is 14.5. The molecule has 0 radical (unpaired) electrons. The number of benzene rings is 1. The van der Waals surface area contributed by atoms with Crippen molar-refractivity contribution in [2.75, 3.05) is 27.2 Å². The van der Waals surface area contributed by atoms with E-state index in [9.17, 15) is 0 Å². The highest BCUT2D eigenvalue weighted by Gasteiger charge is 2.21. The van der Waals surface area contributed by atoms with Crippen molar-refractivity contribution < 1.29 is 4.74 Å². The van der Waals surface area contributed by atoms with Crippen molar-refractivity contribution in [1.29, 1.82) is 0 Å². The van der Waals surface area contributed by atoms with E-state index in [1.807, 2.05) is 12.1 Å². The molecule has 0 aliphatic rings. The van der Waals surface area contributed by atoms with Crippen LogP contribution in [0.15, 0.2) is 24.3 Å². The zero-order valence-electron chi connectivity index (χ0n) is 14.5. The number of hydrogen-bond donors (Lipinski definition) is 1. The Morgan fingerprint density at radius 3 is 2.43 bits per heavy atom. The van der Waals surface area contributed by atoms with Crippen molar-refractivity contribution in [3.63, 3.8) is 0 Å². The molecule has 0 heterocycles. The lowest BCUT2D eigenvalue weighted by molar-refractivity contribution is 0.187. The molecule has 0 amide bonds. The molecule has 0 aromatic heterocycles. The lowest BCUT2D eigenvalue weighted by atomic mass is 10.0. The molecule has 1 N–H and O–H groups in total. The van der Waals surface area contributed by atoms with Crippen LogP contribution in [-0.2, 0) is 0 Å². The molecule has 0 saturated carbocycles. The molecule has 1 aromatic rings. The Labute approximate surface area is 130 Å². The van der Waals surface area contributed by atoms with Gasteiger partial charge in [0.2, 0.25) is 0 Å². The standard InChI is InChI=1S/C18H32N2O/c1-7-12-19-17(13-20(5)15(4)14(2)3)16-10-8-9-11-18(16)21-6/h8-11,14-15,17,19H,7,12-13H2,1-6H3. The normalized spacial score (nSPS) is 14.5. The fourth-order valence-corrected chi connectivity index (χ4v) is 2.51. The SMILES string of the molecule is CCCNC(CN(C)C(C)C(C)C)c1ccccc1OC. The maximum Gasteiger partial charge on any atom is 0.123 e. The predicted molar refractivity (Wildman–Crippen MR) is 91.0 cm³/mol. The van der Waals surface area contributed by atoms with Crippen LogP contribution < -0.4 is 10.1 Å². The van der Waals surface area contributed by atoms with Crippen LogP contribution in [0.3, 0.4) is 0 Å². The number of nitrogens with zero attached hydrogens (tertiary/aromatic N) is 1. The fourth-order valence-electron chi connectivity index (χ4n) is 2.51. The molecular formula is C18H32N2O. The van der Waals surface area contributed by atoms with Crippen molar-refractivity contribution >= 4 is 0 Å². The Hall–Kier alpha value is -1.06. The van der Waals surface area contributed by atoms with Gasteiger partial charge in [0.25, 0.3) is 0 Å². The van der Waals surface area contributed by atoms with Crippen LogP contribution in [0, 0.1) is 5.92 Å². The third-order valence-electron chi connectivity index (χ3n) is 4.29. The molecule has 2 unspecified atom stereocenters. The minimum Gasteiger partial charge on any atom is -0.496 e. The molecule has 0 spiro atoms. The molecule has 1 rings (SSSR count). The summed E-state index contributed by atoms with van der Waals surface area (Å²) in [7, 11) is 3.96. The number of para-hydroxylation sites is 1. The molecular weight excluding hydrogens is 260 g/mol. The van der Waals surface area contributed by atoms with Gasteiger partial charge in [-0.1, -0.05) is 39.0 Å². The molecule has 0 saturated heterocycles. The van der Waals surface area contributed by atoms with E-state index in [4.69, 9.17) is 4.74 Å². The summed E-state index contributed by atoms with van der Waals surface area (Å²) < 4.78 is 5.54. The monoisotopic (exact) mass is 292 g/mol. The third-order valence-corrected chi connectivity index (χ3v) is 4.29. The number of methoxy groups -OCH3 is 1. The van der Waals surface area contributed by atoms with Gasteiger partial charge in [0.1, 0.15) is 5.75 Å². The van der Waals surface area contributed by atoms with Gasteiger partial charge in [0.05, 0.1) is 7.11 Å². The first-order chi connectivity index (χ1) is 10.0. The molecule has 0 aliphatic heterocycles. The van der Waals surface area contributed by atoms with Crippen molar-refractivity contribution in [2.24, 2.45) is 5.92 Å². The van der Waals surface area contributed by atoms with Gasteiger partial charge in [0, 0.05) is 24.2 Å². The molecule has 120 valence electrons. The van der Waals surface area contributed by atoms with Crippen molar-refractivity contribution in [1.82, 2.24) is 10.2 Å². The summed E-state index contributed by atoms with van der Waals surface area (Å²) >= 11 is 0. The van der Waals surface area contributed by atoms with E-state index in [-0.39, 0.29) is 0 Å². The minimum absolute atomic E-state index is 0.298. The molecule has 3 heteroatoms.